The van der Waals surface area contributed by atoms with Crippen LogP contribution in [0, 0.1) is 0 Å². The van der Waals surface area contributed by atoms with Crippen molar-refractivity contribution in [3.63, 3.8) is 0 Å². The van der Waals surface area contributed by atoms with Crippen LogP contribution in [0.4, 0.5) is 5.82 Å². The lowest BCUT2D eigenvalue weighted by atomic mass is 9.97. The molecule has 7 heteroatoms. The number of methoxy groups -OCH3 is 1. The highest BCUT2D eigenvalue weighted by Gasteiger charge is 2.19. The number of hydrogen-bond donors (Lipinski definition) is 2. The summed E-state index contributed by atoms with van der Waals surface area (Å²) in [6.45, 7) is 0.709. The Kier molecular flexibility index (Phi) is 6.65. The second-order valence-electron chi connectivity index (χ2n) is 7.55. The van der Waals surface area contributed by atoms with Gasteiger partial charge in [-0.15, -0.1) is 0 Å². The van der Waals surface area contributed by atoms with E-state index in [1.165, 1.54) is 0 Å². The van der Waals surface area contributed by atoms with Crippen molar-refractivity contribution in [2.24, 2.45) is 0 Å². The zero-order valence-corrected chi connectivity index (χ0v) is 18.0. The molecule has 0 saturated heterocycles. The number of nitrogens with one attached hydrogen (secondary N) is 1. The van der Waals surface area contributed by atoms with Gasteiger partial charge in [0, 0.05) is 30.3 Å². The summed E-state index contributed by atoms with van der Waals surface area (Å²) in [5.41, 5.74) is 5.17. The van der Waals surface area contributed by atoms with Gasteiger partial charge >= 0.3 is 5.97 Å². The van der Waals surface area contributed by atoms with Crippen LogP contribution in [0.15, 0.2) is 67.1 Å². The van der Waals surface area contributed by atoms with E-state index in [-0.39, 0.29) is 6.42 Å². The molecule has 0 radical (unpaired) electrons. The van der Waals surface area contributed by atoms with Crippen LogP contribution in [-0.4, -0.2) is 39.3 Å². The molecule has 2 heterocycles. The average Bonchev–Trinajstić information content (AvgIpc) is 3.22. The van der Waals surface area contributed by atoms with Crippen LogP contribution in [0.25, 0.3) is 27.8 Å². The molecule has 2 N–H and O–H groups in total. The number of fused-ring (bicyclic) bond motifs is 1. The lowest BCUT2D eigenvalue weighted by molar-refractivity contribution is -0.137. The smallest absolute Gasteiger partial charge is 0.303 e. The molecule has 0 fully saturated rings. The second-order valence-corrected chi connectivity index (χ2v) is 7.55. The third-order valence-corrected chi connectivity index (χ3v) is 5.40. The molecular weight excluding hydrogens is 404 g/mol. The molecule has 4 aromatic rings. The quantitative estimate of drug-likeness (QED) is 0.339. The molecule has 0 unspecified atom stereocenters. The minimum atomic E-state index is -0.749. The molecule has 0 atom stereocenters. The Bertz CT molecular complexity index is 1190. The predicted octanol–water partition coefficient (Wildman–Crippen LogP) is 5.13. The lowest BCUT2D eigenvalue weighted by Gasteiger charge is -2.10. The van der Waals surface area contributed by atoms with E-state index >= 15 is 0 Å². The number of carboxylic acid groups (broad SMARTS) is 1. The Hall–Kier alpha value is -3.87. The van der Waals surface area contributed by atoms with Gasteiger partial charge in [-0.1, -0.05) is 48.9 Å². The van der Waals surface area contributed by atoms with Gasteiger partial charge in [0.25, 0.3) is 0 Å². The third kappa shape index (κ3) is 4.72. The highest BCUT2D eigenvalue weighted by Crippen LogP contribution is 2.39. The molecule has 0 amide bonds. The Morgan fingerprint density at radius 2 is 1.81 bits per heavy atom. The summed E-state index contributed by atoms with van der Waals surface area (Å²) in [6.07, 6.45) is 6.18. The van der Waals surface area contributed by atoms with E-state index in [9.17, 15) is 4.79 Å². The SMILES string of the molecule is COc1ccc(-c2c(-c3ccccc3)cn3ncnc(NCCCCCC(=O)O)c23)cc1. The molecule has 4 rings (SSSR count). The number of unbranched alkanes of at least 4 members (excludes halogenated alkanes) is 2. The number of nitrogens with zero attached hydrogens (tertiary/aromatic N) is 3. The maximum atomic E-state index is 10.7. The highest BCUT2D eigenvalue weighted by molar-refractivity contribution is 5.98. The van der Waals surface area contributed by atoms with Gasteiger partial charge in [0.15, 0.2) is 5.82 Å². The van der Waals surface area contributed by atoms with Gasteiger partial charge in [0.1, 0.15) is 17.6 Å². The molecule has 32 heavy (non-hydrogen) atoms. The Balaban J connectivity index is 1.71. The van der Waals surface area contributed by atoms with Gasteiger partial charge in [-0.25, -0.2) is 9.50 Å². The van der Waals surface area contributed by atoms with Crippen molar-refractivity contribution >= 4 is 17.3 Å². The largest absolute Gasteiger partial charge is 0.497 e. The highest BCUT2D eigenvalue weighted by atomic mass is 16.5. The summed E-state index contributed by atoms with van der Waals surface area (Å²) in [7, 11) is 1.66. The number of rotatable bonds is 10. The summed E-state index contributed by atoms with van der Waals surface area (Å²) in [5, 5.41) is 16.7. The maximum absolute atomic E-state index is 10.7. The first kappa shape index (κ1) is 21.4. The molecule has 2 aromatic heterocycles. The molecule has 0 spiro atoms. The molecule has 164 valence electrons. The number of ether oxygens (including phenoxy) is 1. The van der Waals surface area contributed by atoms with Crippen molar-refractivity contribution < 1.29 is 14.6 Å². The Morgan fingerprint density at radius 3 is 2.53 bits per heavy atom. The monoisotopic (exact) mass is 430 g/mol. The van der Waals surface area contributed by atoms with Gasteiger partial charge in [0.2, 0.25) is 0 Å². The zero-order valence-electron chi connectivity index (χ0n) is 18.0. The van der Waals surface area contributed by atoms with E-state index in [0.717, 1.165) is 52.2 Å². The molecule has 0 aliphatic rings. The van der Waals surface area contributed by atoms with E-state index < -0.39 is 5.97 Å². The maximum Gasteiger partial charge on any atom is 0.303 e. The van der Waals surface area contributed by atoms with E-state index in [1.807, 2.05) is 53.2 Å². The van der Waals surface area contributed by atoms with Crippen LogP contribution in [-0.2, 0) is 4.79 Å². The molecule has 2 aromatic carbocycles. The Morgan fingerprint density at radius 1 is 1.03 bits per heavy atom. The first-order valence-corrected chi connectivity index (χ1v) is 10.7. The predicted molar refractivity (Wildman–Crippen MR) is 125 cm³/mol. The number of carbonyl (C=O) groups is 1. The fourth-order valence-corrected chi connectivity index (χ4v) is 3.81. The van der Waals surface area contributed by atoms with E-state index in [2.05, 4.69) is 27.5 Å². The van der Waals surface area contributed by atoms with E-state index in [0.29, 0.717) is 13.0 Å². The normalized spacial score (nSPS) is 10.9. The summed E-state index contributed by atoms with van der Waals surface area (Å²) in [5.74, 6) is 0.807. The van der Waals surface area contributed by atoms with Crippen molar-refractivity contribution in [3.8, 4) is 28.0 Å². The molecule has 0 saturated carbocycles. The molecular formula is C25H26N4O3. The van der Waals surface area contributed by atoms with Crippen LogP contribution in [0.2, 0.25) is 0 Å². The van der Waals surface area contributed by atoms with Crippen LogP contribution >= 0.6 is 0 Å². The molecule has 0 bridgehead atoms. The summed E-state index contributed by atoms with van der Waals surface area (Å²) >= 11 is 0. The fourth-order valence-electron chi connectivity index (χ4n) is 3.81. The van der Waals surface area contributed by atoms with E-state index in [4.69, 9.17) is 9.84 Å². The standard InChI is InChI=1S/C25H26N4O3/c1-32-20-13-11-19(12-14-20)23-21(18-8-4-2-5-9-18)16-29-24(23)25(27-17-28-29)26-15-7-3-6-10-22(30)31/h2,4-5,8-9,11-14,16-17H,3,6-7,10,15H2,1H3,(H,30,31)(H,26,27,28). The van der Waals surface area contributed by atoms with Crippen molar-refractivity contribution in [2.75, 3.05) is 19.0 Å². The van der Waals surface area contributed by atoms with Gasteiger partial charge in [-0.05, 0) is 36.1 Å². The number of hydrogen-bond acceptors (Lipinski definition) is 5. The summed E-state index contributed by atoms with van der Waals surface area (Å²) in [6, 6.07) is 18.2. The first-order chi connectivity index (χ1) is 15.7. The minimum absolute atomic E-state index is 0.207. The molecule has 0 aliphatic carbocycles. The van der Waals surface area contributed by atoms with Crippen LogP contribution in [0.5, 0.6) is 5.75 Å². The van der Waals surface area contributed by atoms with E-state index in [1.54, 1.807) is 13.4 Å². The van der Waals surface area contributed by atoms with Crippen LogP contribution < -0.4 is 10.1 Å². The van der Waals surface area contributed by atoms with Gasteiger partial charge in [0.05, 0.1) is 7.11 Å². The zero-order chi connectivity index (χ0) is 22.3. The topological polar surface area (TPSA) is 88.8 Å². The number of aliphatic carboxylic acids is 1. The second kappa shape index (κ2) is 9.96. The van der Waals surface area contributed by atoms with Crippen molar-refractivity contribution in [1.82, 2.24) is 14.6 Å². The number of benzene rings is 2. The van der Waals surface area contributed by atoms with Gasteiger partial charge in [-0.2, -0.15) is 5.10 Å². The van der Waals surface area contributed by atoms with Crippen molar-refractivity contribution in [2.45, 2.75) is 25.7 Å². The van der Waals surface area contributed by atoms with Gasteiger partial charge in [-0.3, -0.25) is 4.79 Å². The van der Waals surface area contributed by atoms with Crippen molar-refractivity contribution in [1.29, 1.82) is 0 Å². The fraction of sp³-hybridized carbons (Fsp3) is 0.240. The number of anilines is 1. The van der Waals surface area contributed by atoms with Gasteiger partial charge < -0.3 is 15.2 Å². The number of carboxylic acids is 1. The van der Waals surface area contributed by atoms with Crippen LogP contribution in [0.3, 0.4) is 0 Å². The number of aromatic nitrogens is 3. The minimum Gasteiger partial charge on any atom is -0.497 e. The van der Waals surface area contributed by atoms with Crippen molar-refractivity contribution in [3.05, 3.63) is 67.1 Å². The molecule has 0 aliphatic heterocycles. The third-order valence-electron chi connectivity index (χ3n) is 5.40. The van der Waals surface area contributed by atoms with Crippen LogP contribution in [0.1, 0.15) is 25.7 Å². The lowest BCUT2D eigenvalue weighted by Crippen LogP contribution is -2.06. The molecule has 7 nitrogen and oxygen atoms in total. The average molecular weight is 431 g/mol. The Labute approximate surface area is 186 Å². The first-order valence-electron chi connectivity index (χ1n) is 10.7. The summed E-state index contributed by atoms with van der Waals surface area (Å²) in [4.78, 5) is 15.2. The summed E-state index contributed by atoms with van der Waals surface area (Å²) < 4.78 is 7.20.